The van der Waals surface area contributed by atoms with Crippen molar-refractivity contribution < 1.29 is 14.7 Å². The molecule has 0 heterocycles. The Morgan fingerprint density at radius 2 is 2.06 bits per heavy atom. The number of amides is 1. The average molecular weight is 241 g/mol. The van der Waals surface area contributed by atoms with Crippen molar-refractivity contribution in [2.45, 2.75) is 52.5 Å². The molecule has 4 heteroatoms. The van der Waals surface area contributed by atoms with Crippen LogP contribution in [0.5, 0.6) is 0 Å². The Hall–Kier alpha value is -1.06. The summed E-state index contributed by atoms with van der Waals surface area (Å²) in [5.74, 6) is -0.886. The van der Waals surface area contributed by atoms with Gasteiger partial charge in [0, 0.05) is 6.54 Å². The molecule has 2 unspecified atom stereocenters. The average Bonchev–Trinajstić information content (AvgIpc) is 2.21. The van der Waals surface area contributed by atoms with E-state index in [4.69, 9.17) is 0 Å². The Morgan fingerprint density at radius 1 is 1.47 bits per heavy atom. The van der Waals surface area contributed by atoms with Gasteiger partial charge in [-0.25, -0.2) is 4.79 Å². The van der Waals surface area contributed by atoms with Crippen LogP contribution in [0.15, 0.2) is 0 Å². The Balaban J connectivity index is 3.09. The molecule has 0 saturated heterocycles. The van der Waals surface area contributed by atoms with Gasteiger partial charge in [0.15, 0.2) is 0 Å². The van der Waals surface area contributed by atoms with E-state index in [1.807, 2.05) is 13.8 Å². The summed E-state index contributed by atoms with van der Waals surface area (Å²) in [6, 6.07) is 0. The van der Waals surface area contributed by atoms with E-state index < -0.39 is 11.5 Å². The predicted octanol–water partition coefficient (Wildman–Crippen LogP) is 2.13. The van der Waals surface area contributed by atoms with Crippen LogP contribution >= 0.6 is 0 Å². The van der Waals surface area contributed by atoms with Crippen molar-refractivity contribution in [2.24, 2.45) is 11.3 Å². The molecule has 0 bridgehead atoms. The van der Waals surface area contributed by atoms with Gasteiger partial charge < -0.3 is 10.0 Å². The van der Waals surface area contributed by atoms with Crippen LogP contribution in [0.1, 0.15) is 47.0 Å². The fraction of sp³-hybridized carbons (Fsp3) is 0.846. The molecule has 17 heavy (non-hydrogen) atoms. The normalized spacial score (nSPS) is 31.9. The van der Waals surface area contributed by atoms with Gasteiger partial charge in [-0.15, -0.1) is 0 Å². The second-order valence-corrected chi connectivity index (χ2v) is 5.89. The molecule has 2 atom stereocenters. The lowest BCUT2D eigenvalue weighted by molar-refractivity contribution is -0.164. The van der Waals surface area contributed by atoms with Crippen LogP contribution in [0.3, 0.4) is 0 Å². The Morgan fingerprint density at radius 3 is 2.41 bits per heavy atom. The van der Waals surface area contributed by atoms with Crippen LogP contribution in [0.4, 0.5) is 0 Å². The van der Waals surface area contributed by atoms with Crippen LogP contribution in [-0.2, 0) is 9.59 Å². The molecule has 0 aromatic carbocycles. The van der Waals surface area contributed by atoms with E-state index >= 15 is 0 Å². The highest BCUT2D eigenvalue weighted by molar-refractivity contribution is 5.82. The van der Waals surface area contributed by atoms with Crippen LogP contribution in [0.25, 0.3) is 0 Å². The number of rotatable bonds is 4. The van der Waals surface area contributed by atoms with Gasteiger partial charge in [0.1, 0.15) is 5.54 Å². The molecule has 1 fully saturated rings. The van der Waals surface area contributed by atoms with E-state index in [9.17, 15) is 14.7 Å². The lowest BCUT2D eigenvalue weighted by Gasteiger charge is -2.49. The summed E-state index contributed by atoms with van der Waals surface area (Å²) in [6.07, 6.45) is 2.91. The van der Waals surface area contributed by atoms with Gasteiger partial charge in [0.05, 0.1) is 0 Å². The smallest absolute Gasteiger partial charge is 0.329 e. The zero-order valence-electron chi connectivity index (χ0n) is 11.2. The second-order valence-electron chi connectivity index (χ2n) is 5.89. The van der Waals surface area contributed by atoms with Gasteiger partial charge in [-0.1, -0.05) is 20.8 Å². The molecule has 1 aliphatic rings. The van der Waals surface area contributed by atoms with Crippen molar-refractivity contribution in [2.75, 3.05) is 6.54 Å². The first-order valence-corrected chi connectivity index (χ1v) is 6.25. The quantitative estimate of drug-likeness (QED) is 0.767. The zero-order valence-corrected chi connectivity index (χ0v) is 11.2. The maximum absolute atomic E-state index is 11.7. The third kappa shape index (κ3) is 2.31. The predicted molar refractivity (Wildman–Crippen MR) is 65.6 cm³/mol. The molecule has 1 rings (SSSR count). The molecular formula is C13H23NO3. The SMILES string of the molecule is CCN(C=O)C1(C(=O)O)CCC(C)(C)CC1C. The summed E-state index contributed by atoms with van der Waals surface area (Å²) in [5.41, 5.74) is -0.841. The Bertz CT molecular complexity index is 314. The molecule has 0 aliphatic heterocycles. The number of carboxylic acids is 1. The number of nitrogens with zero attached hydrogens (tertiary/aromatic N) is 1. The zero-order chi connectivity index (χ0) is 13.3. The van der Waals surface area contributed by atoms with Gasteiger partial charge in [0.25, 0.3) is 0 Å². The number of aliphatic carboxylic acids is 1. The van der Waals surface area contributed by atoms with Gasteiger partial charge in [0.2, 0.25) is 6.41 Å². The van der Waals surface area contributed by atoms with Crippen LogP contribution in [-0.4, -0.2) is 34.5 Å². The standard InChI is InChI=1S/C13H23NO3/c1-5-14(9-15)13(11(16)17)7-6-12(3,4)8-10(13)2/h9-10H,5-8H2,1-4H3,(H,16,17). The third-order valence-electron chi connectivity index (χ3n) is 4.21. The molecule has 0 radical (unpaired) electrons. The van der Waals surface area contributed by atoms with E-state index in [0.29, 0.717) is 19.4 Å². The van der Waals surface area contributed by atoms with Gasteiger partial charge in [-0.3, -0.25) is 4.79 Å². The first-order chi connectivity index (χ1) is 7.80. The highest BCUT2D eigenvalue weighted by Gasteiger charge is 2.52. The Kier molecular flexibility index (Phi) is 3.84. The largest absolute Gasteiger partial charge is 0.479 e. The van der Waals surface area contributed by atoms with E-state index in [0.717, 1.165) is 12.8 Å². The fourth-order valence-electron chi connectivity index (χ4n) is 3.19. The number of hydrogen-bond donors (Lipinski definition) is 1. The highest BCUT2D eigenvalue weighted by Crippen LogP contribution is 2.46. The molecule has 0 aromatic heterocycles. The van der Waals surface area contributed by atoms with E-state index in [-0.39, 0.29) is 11.3 Å². The van der Waals surface area contributed by atoms with Crippen LogP contribution in [0.2, 0.25) is 0 Å². The molecule has 98 valence electrons. The molecule has 1 aliphatic carbocycles. The minimum absolute atomic E-state index is 0.0195. The van der Waals surface area contributed by atoms with E-state index in [2.05, 4.69) is 13.8 Å². The minimum atomic E-state index is -1.01. The topological polar surface area (TPSA) is 57.6 Å². The van der Waals surface area contributed by atoms with Crippen molar-refractivity contribution in [3.8, 4) is 0 Å². The maximum Gasteiger partial charge on any atom is 0.329 e. The summed E-state index contributed by atoms with van der Waals surface area (Å²) in [4.78, 5) is 24.2. The first kappa shape index (κ1) is 14.0. The summed E-state index contributed by atoms with van der Waals surface area (Å²) < 4.78 is 0. The van der Waals surface area contributed by atoms with E-state index in [1.54, 1.807) is 0 Å². The van der Waals surface area contributed by atoms with Gasteiger partial charge in [-0.2, -0.15) is 0 Å². The summed E-state index contributed by atoms with van der Waals surface area (Å²) in [5, 5.41) is 9.56. The highest BCUT2D eigenvalue weighted by atomic mass is 16.4. The number of carboxylic acid groups (broad SMARTS) is 1. The summed E-state index contributed by atoms with van der Waals surface area (Å²) in [7, 11) is 0. The molecule has 1 saturated carbocycles. The van der Waals surface area contributed by atoms with Gasteiger partial charge >= 0.3 is 5.97 Å². The van der Waals surface area contributed by atoms with Gasteiger partial charge in [-0.05, 0) is 37.5 Å². The van der Waals surface area contributed by atoms with Crippen molar-refractivity contribution >= 4 is 12.4 Å². The van der Waals surface area contributed by atoms with Crippen molar-refractivity contribution in [1.82, 2.24) is 4.90 Å². The number of carbonyl (C=O) groups is 2. The molecule has 1 amide bonds. The Labute approximate surface area is 103 Å². The molecule has 4 nitrogen and oxygen atoms in total. The van der Waals surface area contributed by atoms with Crippen LogP contribution in [0, 0.1) is 11.3 Å². The summed E-state index contributed by atoms with van der Waals surface area (Å²) in [6.45, 7) is 8.53. The lowest BCUT2D eigenvalue weighted by Crippen LogP contribution is -2.61. The third-order valence-corrected chi connectivity index (χ3v) is 4.21. The fourth-order valence-corrected chi connectivity index (χ4v) is 3.19. The molecule has 1 N–H and O–H groups in total. The van der Waals surface area contributed by atoms with Crippen molar-refractivity contribution in [3.05, 3.63) is 0 Å². The number of carbonyl (C=O) groups excluding carboxylic acids is 1. The number of hydrogen-bond acceptors (Lipinski definition) is 2. The molecule has 0 spiro atoms. The maximum atomic E-state index is 11.7. The van der Waals surface area contributed by atoms with Crippen molar-refractivity contribution in [1.29, 1.82) is 0 Å². The monoisotopic (exact) mass is 241 g/mol. The second kappa shape index (κ2) is 4.67. The molecular weight excluding hydrogens is 218 g/mol. The summed E-state index contributed by atoms with van der Waals surface area (Å²) >= 11 is 0. The number of likely N-dealkylation sites (N-methyl/N-ethyl adjacent to an activating group) is 1. The van der Waals surface area contributed by atoms with E-state index in [1.165, 1.54) is 4.90 Å². The van der Waals surface area contributed by atoms with Crippen molar-refractivity contribution in [3.63, 3.8) is 0 Å². The minimum Gasteiger partial charge on any atom is -0.479 e. The van der Waals surface area contributed by atoms with Crippen LogP contribution < -0.4 is 0 Å². The first-order valence-electron chi connectivity index (χ1n) is 6.25. The molecule has 0 aromatic rings. The lowest BCUT2D eigenvalue weighted by atomic mass is 9.63.